The third-order valence-corrected chi connectivity index (χ3v) is 10.7. The number of nitrogens with zero attached hydrogens (tertiary/aromatic N) is 4. The number of aliphatic hydroxyl groups is 1. The van der Waals surface area contributed by atoms with Gasteiger partial charge in [0.25, 0.3) is 0 Å². The summed E-state index contributed by atoms with van der Waals surface area (Å²) in [7, 11) is 0. The first-order chi connectivity index (χ1) is 26.4. The lowest BCUT2D eigenvalue weighted by atomic mass is 9.90. The average molecular weight is 755 g/mol. The van der Waals surface area contributed by atoms with Gasteiger partial charge in [-0.1, -0.05) is 52.0 Å². The van der Waals surface area contributed by atoms with Crippen LogP contribution in [-0.2, 0) is 38.9 Å². The van der Waals surface area contributed by atoms with Crippen LogP contribution in [0.5, 0.6) is 0 Å². The number of pyridine rings is 2. The molecule has 2 aromatic heterocycles. The lowest BCUT2D eigenvalue weighted by Gasteiger charge is -2.26. The summed E-state index contributed by atoms with van der Waals surface area (Å²) >= 11 is 0. The number of anilines is 2. The molecule has 4 aliphatic rings. The van der Waals surface area contributed by atoms with Crippen LogP contribution < -0.4 is 9.80 Å². The van der Waals surface area contributed by atoms with Gasteiger partial charge in [0.2, 0.25) is 11.8 Å². The van der Waals surface area contributed by atoms with Crippen molar-refractivity contribution in [1.29, 1.82) is 0 Å². The first-order valence-electron chi connectivity index (χ1n) is 18.7. The van der Waals surface area contributed by atoms with E-state index in [4.69, 9.17) is 14.5 Å². The van der Waals surface area contributed by atoms with E-state index in [0.29, 0.717) is 78.7 Å². The first-order valence-corrected chi connectivity index (χ1v) is 18.7. The van der Waals surface area contributed by atoms with Gasteiger partial charge in [-0.15, -0.1) is 0 Å². The molecule has 0 radical (unpaired) electrons. The van der Waals surface area contributed by atoms with Crippen LogP contribution in [0, 0.1) is 11.6 Å². The van der Waals surface area contributed by atoms with Gasteiger partial charge in [-0.2, -0.15) is 0 Å². The summed E-state index contributed by atoms with van der Waals surface area (Å²) in [6.45, 7) is 8.88. The fourth-order valence-electron chi connectivity index (χ4n) is 8.12. The molecule has 13 heteroatoms. The number of carboxylic acid groups (broad SMARTS) is 1. The molecule has 0 saturated carbocycles. The molecule has 0 bridgehead atoms. The molecule has 4 aliphatic heterocycles. The fraction of sp³-hybridized carbons (Fsp3) is 0.405. The lowest BCUT2D eigenvalue weighted by Crippen LogP contribution is -2.36. The molecule has 2 fully saturated rings. The van der Waals surface area contributed by atoms with Crippen LogP contribution in [0.4, 0.5) is 20.4 Å². The van der Waals surface area contributed by atoms with Crippen LogP contribution in [0.25, 0.3) is 22.3 Å². The maximum atomic E-state index is 13.5. The van der Waals surface area contributed by atoms with Crippen molar-refractivity contribution in [2.45, 2.75) is 97.1 Å². The zero-order valence-electron chi connectivity index (χ0n) is 31.3. The zero-order valence-corrected chi connectivity index (χ0v) is 31.3. The fourth-order valence-corrected chi connectivity index (χ4v) is 8.12. The smallest absolute Gasteiger partial charge is 0.338 e. The number of amides is 2. The average Bonchev–Trinajstić information content (AvgIpc) is 3.57. The number of hydrogen-bond donors (Lipinski definition) is 2. The number of aromatic carboxylic acids is 1. The minimum Gasteiger partial charge on any atom is -0.478 e. The standard InChI is InChI=1S/C21H21FN2O4.C21H23FN2O3/c1-11(2)19-18(21(26)27)17(12-3-5-13(22)6-4-12)15-10-28-9-14-7-8-16(25)24(14)20(15)23-19;1-12(2)20-16(9-25)19(13-3-5-14(22)6-4-13)17-11-27-10-15-7-8-18(26)24(15)21(17)23-20/h3-6,11,14H,7-10H2,1-2H3,(H,26,27);3-6,12,15,25H,7-11H2,1-2H3/t14-;15-/m11/s1. The summed E-state index contributed by atoms with van der Waals surface area (Å²) in [6, 6.07) is 11.8. The molecule has 2 saturated heterocycles. The number of carbonyl (C=O) groups excluding carboxylic acids is 2. The molecular formula is C42H44F2N4O7. The summed E-state index contributed by atoms with van der Waals surface area (Å²) in [5.41, 5.74) is 5.90. The number of benzene rings is 2. The van der Waals surface area contributed by atoms with Crippen LogP contribution in [0.1, 0.15) is 104 Å². The third kappa shape index (κ3) is 7.12. The number of halogens is 2. The van der Waals surface area contributed by atoms with Crippen molar-refractivity contribution in [1.82, 2.24) is 9.97 Å². The van der Waals surface area contributed by atoms with E-state index in [9.17, 15) is 33.4 Å². The van der Waals surface area contributed by atoms with E-state index >= 15 is 0 Å². The Kier molecular flexibility index (Phi) is 10.8. The van der Waals surface area contributed by atoms with Gasteiger partial charge >= 0.3 is 5.97 Å². The number of rotatable bonds is 6. The number of aliphatic hydroxyl groups excluding tert-OH is 1. The second-order valence-corrected chi connectivity index (χ2v) is 14.9. The number of hydrogen-bond acceptors (Lipinski definition) is 8. The topological polar surface area (TPSA) is 142 Å². The Morgan fingerprint density at radius 3 is 1.62 bits per heavy atom. The van der Waals surface area contributed by atoms with E-state index in [2.05, 4.69) is 4.98 Å². The number of ether oxygens (including phenoxy) is 2. The first kappa shape index (κ1) is 38.2. The molecule has 8 rings (SSSR count). The highest BCUT2D eigenvalue weighted by Gasteiger charge is 2.40. The number of carbonyl (C=O) groups is 3. The highest BCUT2D eigenvalue weighted by Crippen LogP contribution is 2.43. The number of carboxylic acids is 1. The van der Waals surface area contributed by atoms with Gasteiger partial charge < -0.3 is 19.7 Å². The predicted molar refractivity (Wildman–Crippen MR) is 201 cm³/mol. The van der Waals surface area contributed by atoms with Gasteiger partial charge in [0, 0.05) is 35.1 Å². The molecule has 0 spiro atoms. The van der Waals surface area contributed by atoms with Crippen molar-refractivity contribution in [2.75, 3.05) is 23.0 Å². The molecule has 288 valence electrons. The van der Waals surface area contributed by atoms with Gasteiger partial charge in [0.1, 0.15) is 23.3 Å². The number of fused-ring (bicyclic) bond motifs is 6. The summed E-state index contributed by atoms with van der Waals surface area (Å²) in [5.74, 6) is -0.823. The molecule has 55 heavy (non-hydrogen) atoms. The molecule has 6 heterocycles. The largest absolute Gasteiger partial charge is 0.478 e. The van der Waals surface area contributed by atoms with E-state index in [1.54, 1.807) is 34.1 Å². The molecule has 2 amide bonds. The van der Waals surface area contributed by atoms with Gasteiger partial charge in [-0.05, 0) is 65.6 Å². The van der Waals surface area contributed by atoms with Crippen molar-refractivity contribution >= 4 is 29.4 Å². The summed E-state index contributed by atoms with van der Waals surface area (Å²) in [5, 5.41) is 20.1. The molecule has 0 unspecified atom stereocenters. The van der Waals surface area contributed by atoms with Crippen molar-refractivity contribution in [3.05, 3.63) is 93.8 Å². The summed E-state index contributed by atoms with van der Waals surface area (Å²) in [4.78, 5) is 50.3. The quantitative estimate of drug-likeness (QED) is 0.208. The van der Waals surface area contributed by atoms with Crippen molar-refractivity contribution in [3.63, 3.8) is 0 Å². The zero-order chi connectivity index (χ0) is 39.1. The monoisotopic (exact) mass is 754 g/mol. The highest BCUT2D eigenvalue weighted by molar-refractivity contribution is 6.02. The van der Waals surface area contributed by atoms with Crippen LogP contribution >= 0.6 is 0 Å². The normalized spacial score (nSPS) is 19.0. The minimum absolute atomic E-state index is 0.00712. The predicted octanol–water partition coefficient (Wildman–Crippen LogP) is 7.26. The van der Waals surface area contributed by atoms with Crippen molar-refractivity contribution in [3.8, 4) is 22.3 Å². The maximum absolute atomic E-state index is 13.5. The van der Waals surface area contributed by atoms with Gasteiger partial charge in [-0.3, -0.25) is 19.4 Å². The Morgan fingerprint density at radius 2 is 1.18 bits per heavy atom. The van der Waals surface area contributed by atoms with Crippen LogP contribution in [-0.4, -0.2) is 63.3 Å². The summed E-state index contributed by atoms with van der Waals surface area (Å²) < 4.78 is 38.7. The Bertz CT molecular complexity index is 2140. The Hall–Kier alpha value is -5.11. The van der Waals surface area contributed by atoms with E-state index in [0.717, 1.165) is 28.8 Å². The molecule has 2 atom stereocenters. The van der Waals surface area contributed by atoms with Crippen LogP contribution in [0.15, 0.2) is 48.5 Å². The van der Waals surface area contributed by atoms with E-state index in [1.807, 2.05) is 27.7 Å². The second-order valence-electron chi connectivity index (χ2n) is 14.9. The molecule has 2 N–H and O–H groups in total. The second kappa shape index (κ2) is 15.6. The molecule has 0 aliphatic carbocycles. The highest BCUT2D eigenvalue weighted by atomic mass is 19.1. The van der Waals surface area contributed by atoms with Crippen molar-refractivity contribution < 1.29 is 42.9 Å². The van der Waals surface area contributed by atoms with Crippen LogP contribution in [0.2, 0.25) is 0 Å². The molecular weight excluding hydrogens is 710 g/mol. The van der Waals surface area contributed by atoms with Gasteiger partial charge in [0.15, 0.2) is 0 Å². The van der Waals surface area contributed by atoms with Crippen LogP contribution in [0.3, 0.4) is 0 Å². The maximum Gasteiger partial charge on any atom is 0.338 e. The van der Waals surface area contributed by atoms with E-state index in [-0.39, 0.29) is 60.3 Å². The molecule has 2 aromatic carbocycles. The summed E-state index contributed by atoms with van der Waals surface area (Å²) in [6.07, 6.45) is 2.34. The third-order valence-electron chi connectivity index (χ3n) is 10.7. The van der Waals surface area contributed by atoms with E-state index < -0.39 is 11.8 Å². The lowest BCUT2D eigenvalue weighted by molar-refractivity contribution is -0.118. The van der Waals surface area contributed by atoms with Gasteiger partial charge in [0.05, 0.1) is 62.1 Å². The van der Waals surface area contributed by atoms with Crippen molar-refractivity contribution in [2.24, 2.45) is 0 Å². The Balaban J connectivity index is 0.000000169. The van der Waals surface area contributed by atoms with Gasteiger partial charge in [-0.25, -0.2) is 23.5 Å². The molecule has 11 nitrogen and oxygen atoms in total. The minimum atomic E-state index is -1.10. The number of aromatic nitrogens is 2. The van der Waals surface area contributed by atoms with E-state index in [1.165, 1.54) is 24.3 Å². The Morgan fingerprint density at radius 1 is 0.745 bits per heavy atom. The Labute approximate surface area is 317 Å². The SMILES string of the molecule is CC(C)c1nc2c(c(-c3ccc(F)cc3)c1C(=O)O)COC[C@H]1CCC(=O)N21.CC(C)c1nc2c(c(-c3ccc(F)cc3)c1CO)COC[C@H]1CCC(=O)N21. The molecule has 4 aromatic rings.